The first kappa shape index (κ1) is 23.3. The second-order valence-electron chi connectivity index (χ2n) is 9.16. The first-order chi connectivity index (χ1) is 16.0. The molecule has 0 amide bonds. The summed E-state index contributed by atoms with van der Waals surface area (Å²) >= 11 is 1.61. The van der Waals surface area contributed by atoms with Gasteiger partial charge in [-0.3, -0.25) is 0 Å². The summed E-state index contributed by atoms with van der Waals surface area (Å²) in [5.41, 5.74) is 1.64. The molecule has 0 aliphatic heterocycles. The van der Waals surface area contributed by atoms with Gasteiger partial charge in [-0.1, -0.05) is 12.1 Å². The van der Waals surface area contributed by atoms with Gasteiger partial charge in [0.05, 0.1) is 21.1 Å². The van der Waals surface area contributed by atoms with Gasteiger partial charge in [-0.2, -0.15) is 0 Å². The second kappa shape index (κ2) is 8.32. The zero-order valence-corrected chi connectivity index (χ0v) is 21.0. The van der Waals surface area contributed by atoms with E-state index < -0.39 is 31.4 Å². The molecule has 0 bridgehead atoms. The van der Waals surface area contributed by atoms with E-state index in [4.69, 9.17) is 0 Å². The van der Waals surface area contributed by atoms with Crippen LogP contribution in [-0.2, 0) is 25.4 Å². The van der Waals surface area contributed by atoms with Gasteiger partial charge in [0, 0.05) is 16.0 Å². The SMILES string of the molecule is CS(=O)(=O)c1ccc(-c2ccc(C3CC3)s2)c(CS(=O)(=O)c2cc(C(=O)O)ccc2C2CC2)c1. The van der Waals surface area contributed by atoms with E-state index in [1.807, 2.05) is 6.07 Å². The number of thiophene rings is 1. The Morgan fingerprint density at radius 3 is 2.26 bits per heavy atom. The molecule has 6 nitrogen and oxygen atoms in total. The summed E-state index contributed by atoms with van der Waals surface area (Å²) in [5.74, 6) is -0.941. The molecule has 3 aromatic rings. The summed E-state index contributed by atoms with van der Waals surface area (Å²) in [7, 11) is -7.49. The van der Waals surface area contributed by atoms with Gasteiger partial charge >= 0.3 is 5.97 Å². The highest BCUT2D eigenvalue weighted by molar-refractivity contribution is 7.91. The molecule has 34 heavy (non-hydrogen) atoms. The third-order valence-electron chi connectivity index (χ3n) is 6.34. The van der Waals surface area contributed by atoms with Gasteiger partial charge in [-0.15, -0.1) is 11.3 Å². The molecule has 2 aromatic carbocycles. The topological polar surface area (TPSA) is 106 Å². The van der Waals surface area contributed by atoms with Crippen molar-refractivity contribution < 1.29 is 26.7 Å². The van der Waals surface area contributed by atoms with E-state index >= 15 is 0 Å². The lowest BCUT2D eigenvalue weighted by Crippen LogP contribution is -2.11. The van der Waals surface area contributed by atoms with Gasteiger partial charge in [-0.25, -0.2) is 21.6 Å². The Labute approximate surface area is 203 Å². The number of aromatic carboxylic acids is 1. The van der Waals surface area contributed by atoms with E-state index in [1.54, 1.807) is 23.5 Å². The molecule has 2 aliphatic carbocycles. The van der Waals surface area contributed by atoms with Crippen LogP contribution in [0.2, 0.25) is 0 Å². The van der Waals surface area contributed by atoms with Crippen molar-refractivity contribution in [2.45, 2.75) is 53.1 Å². The summed E-state index contributed by atoms with van der Waals surface area (Å²) < 4.78 is 51.8. The van der Waals surface area contributed by atoms with Crippen molar-refractivity contribution >= 4 is 37.0 Å². The van der Waals surface area contributed by atoms with Crippen LogP contribution < -0.4 is 0 Å². The van der Waals surface area contributed by atoms with Crippen LogP contribution in [-0.4, -0.2) is 34.2 Å². The third-order valence-corrected chi connectivity index (χ3v) is 10.4. The summed E-state index contributed by atoms with van der Waals surface area (Å²) in [6.45, 7) is 0. The van der Waals surface area contributed by atoms with Crippen LogP contribution in [0, 0.1) is 0 Å². The molecule has 0 spiro atoms. The number of hydrogen-bond donors (Lipinski definition) is 1. The van der Waals surface area contributed by atoms with Gasteiger partial charge < -0.3 is 5.11 Å². The quantitative estimate of drug-likeness (QED) is 0.439. The van der Waals surface area contributed by atoms with Gasteiger partial charge in [0.25, 0.3) is 0 Å². The number of carboxylic acids is 1. The molecule has 5 rings (SSSR count). The van der Waals surface area contributed by atoms with Crippen LogP contribution in [0.25, 0.3) is 10.4 Å². The number of carbonyl (C=O) groups is 1. The zero-order valence-electron chi connectivity index (χ0n) is 18.5. The normalized spacial score (nSPS) is 16.5. The van der Waals surface area contributed by atoms with Crippen LogP contribution in [0.1, 0.15) is 63.9 Å². The van der Waals surface area contributed by atoms with Crippen LogP contribution in [0.4, 0.5) is 0 Å². The van der Waals surface area contributed by atoms with E-state index in [0.717, 1.165) is 36.8 Å². The number of hydrogen-bond acceptors (Lipinski definition) is 6. The van der Waals surface area contributed by atoms with Crippen molar-refractivity contribution in [3.63, 3.8) is 0 Å². The Kier molecular flexibility index (Phi) is 5.69. The van der Waals surface area contributed by atoms with Gasteiger partial charge in [0.2, 0.25) is 0 Å². The lowest BCUT2D eigenvalue weighted by Gasteiger charge is -2.14. The van der Waals surface area contributed by atoms with E-state index in [1.165, 1.54) is 29.1 Å². The molecule has 1 aromatic heterocycles. The highest BCUT2D eigenvalue weighted by Crippen LogP contribution is 2.46. The van der Waals surface area contributed by atoms with Gasteiger partial charge in [-0.05, 0) is 90.6 Å². The van der Waals surface area contributed by atoms with Gasteiger partial charge in [0.15, 0.2) is 19.7 Å². The smallest absolute Gasteiger partial charge is 0.335 e. The Hall–Kier alpha value is -2.49. The van der Waals surface area contributed by atoms with E-state index in [2.05, 4.69) is 6.07 Å². The Bertz CT molecular complexity index is 1510. The summed E-state index contributed by atoms with van der Waals surface area (Å²) in [5, 5.41) is 9.42. The average Bonchev–Trinajstić information content (AvgIpc) is 3.71. The lowest BCUT2D eigenvalue weighted by molar-refractivity contribution is 0.0696. The minimum atomic E-state index is -3.95. The molecule has 0 unspecified atom stereocenters. The maximum absolute atomic E-state index is 13.7. The predicted octanol–water partition coefficient (Wildman–Crippen LogP) is 5.25. The molecule has 2 saturated carbocycles. The lowest BCUT2D eigenvalue weighted by atomic mass is 10.1. The maximum Gasteiger partial charge on any atom is 0.335 e. The third kappa shape index (κ3) is 4.69. The van der Waals surface area contributed by atoms with Crippen molar-refractivity contribution in [1.29, 1.82) is 0 Å². The number of sulfone groups is 2. The molecule has 1 N–H and O–H groups in total. The fourth-order valence-corrected chi connectivity index (χ4v) is 7.81. The standard InChI is InChI=1S/C25H24O6S3/c1-33(28,29)19-7-9-20(23-11-10-22(32-23)16-4-5-16)18(12-19)14-34(30,31)24-13-17(25(26)27)6-8-21(24)15-2-3-15/h6-13,15-16H,2-5,14H2,1H3,(H,26,27). The molecule has 1 heterocycles. The molecule has 2 fully saturated rings. The van der Waals surface area contributed by atoms with Crippen molar-refractivity contribution in [2.75, 3.05) is 6.26 Å². The Morgan fingerprint density at radius 2 is 1.65 bits per heavy atom. The highest BCUT2D eigenvalue weighted by atomic mass is 32.2. The van der Waals surface area contributed by atoms with E-state index in [0.29, 0.717) is 22.6 Å². The Morgan fingerprint density at radius 1 is 0.941 bits per heavy atom. The van der Waals surface area contributed by atoms with Crippen molar-refractivity contribution in [3.05, 3.63) is 70.1 Å². The summed E-state index contributed by atoms with van der Waals surface area (Å²) in [4.78, 5) is 13.8. The van der Waals surface area contributed by atoms with Crippen LogP contribution >= 0.6 is 11.3 Å². The van der Waals surface area contributed by atoms with Crippen molar-refractivity contribution in [3.8, 4) is 10.4 Å². The summed E-state index contributed by atoms with van der Waals surface area (Å²) in [6, 6.07) is 12.9. The molecular formula is C25H24O6S3. The van der Waals surface area contributed by atoms with Crippen LogP contribution in [0.3, 0.4) is 0 Å². The van der Waals surface area contributed by atoms with Crippen molar-refractivity contribution in [2.24, 2.45) is 0 Å². The largest absolute Gasteiger partial charge is 0.478 e. The molecule has 178 valence electrons. The highest BCUT2D eigenvalue weighted by Gasteiger charge is 2.32. The minimum Gasteiger partial charge on any atom is -0.478 e. The number of carboxylic acid groups (broad SMARTS) is 1. The fraction of sp³-hybridized carbons (Fsp3) is 0.320. The summed E-state index contributed by atoms with van der Waals surface area (Å²) in [6.07, 6.45) is 5.13. The molecule has 0 radical (unpaired) electrons. The zero-order chi connectivity index (χ0) is 24.3. The molecule has 0 saturated heterocycles. The van der Waals surface area contributed by atoms with Crippen LogP contribution in [0.15, 0.2) is 58.3 Å². The fourth-order valence-electron chi connectivity index (χ4n) is 4.20. The number of rotatable bonds is 8. The van der Waals surface area contributed by atoms with Gasteiger partial charge in [0.1, 0.15) is 0 Å². The first-order valence-electron chi connectivity index (χ1n) is 11.1. The molecule has 2 aliphatic rings. The van der Waals surface area contributed by atoms with E-state index in [-0.39, 0.29) is 21.3 Å². The Balaban J connectivity index is 1.61. The minimum absolute atomic E-state index is 0.0236. The predicted molar refractivity (Wildman–Crippen MR) is 131 cm³/mol. The van der Waals surface area contributed by atoms with Crippen LogP contribution in [0.5, 0.6) is 0 Å². The average molecular weight is 517 g/mol. The monoisotopic (exact) mass is 516 g/mol. The molecular weight excluding hydrogens is 492 g/mol. The van der Waals surface area contributed by atoms with Crippen molar-refractivity contribution in [1.82, 2.24) is 0 Å². The molecule has 9 heteroatoms. The maximum atomic E-state index is 13.7. The second-order valence-corrected chi connectivity index (χ2v) is 14.2. The number of benzene rings is 2. The molecule has 0 atom stereocenters. The first-order valence-corrected chi connectivity index (χ1v) is 15.4. The van der Waals surface area contributed by atoms with E-state index in [9.17, 15) is 26.7 Å².